The monoisotopic (exact) mass is 326 g/mol. The highest BCUT2D eigenvalue weighted by Gasteiger charge is 2.19. The van der Waals surface area contributed by atoms with Crippen LogP contribution in [-0.2, 0) is 16.0 Å². The molecule has 0 saturated carbocycles. The molecule has 0 fully saturated rings. The minimum atomic E-state index is -0.249. The minimum absolute atomic E-state index is 0.0825. The van der Waals surface area contributed by atoms with Crippen molar-refractivity contribution in [1.29, 1.82) is 0 Å². The fraction of sp³-hybridized carbons (Fsp3) is 0.429. The smallest absolute Gasteiger partial charge is 0.238 e. The number of halogens is 1. The van der Waals surface area contributed by atoms with Crippen LogP contribution in [0.1, 0.15) is 19.4 Å². The van der Waals surface area contributed by atoms with Crippen LogP contribution in [0.15, 0.2) is 24.3 Å². The first-order valence-electron chi connectivity index (χ1n) is 6.19. The number of hydrogen-bond donors (Lipinski definition) is 2. The van der Waals surface area contributed by atoms with Crippen LogP contribution in [0.2, 0.25) is 0 Å². The highest BCUT2D eigenvalue weighted by Crippen LogP contribution is 2.19. The van der Waals surface area contributed by atoms with Crippen LogP contribution in [0.5, 0.6) is 0 Å². The summed E-state index contributed by atoms with van der Waals surface area (Å²) in [6.45, 7) is 3.94. The molecule has 104 valence electrons. The van der Waals surface area contributed by atoms with E-state index >= 15 is 0 Å². The number of benzene rings is 1. The Balaban J connectivity index is 2.83. The van der Waals surface area contributed by atoms with Gasteiger partial charge in [0.05, 0.1) is 11.2 Å². The van der Waals surface area contributed by atoms with E-state index in [0.717, 1.165) is 5.56 Å². The van der Waals surface area contributed by atoms with Crippen molar-refractivity contribution in [3.05, 3.63) is 29.8 Å². The molecule has 0 aliphatic carbocycles. The topological polar surface area (TPSA) is 58.2 Å². The standard InChI is InChI=1S/C14H19BrN2O2/c1-9(2)13(15)14(19)17-11-7-5-4-6-10(11)8-12(18)16-3/h4-7,9,13H,8H2,1-3H3,(H,16,18)(H,17,19). The van der Waals surface area contributed by atoms with E-state index in [4.69, 9.17) is 0 Å². The lowest BCUT2D eigenvalue weighted by Gasteiger charge is -2.16. The zero-order chi connectivity index (χ0) is 14.4. The molecule has 1 unspecified atom stereocenters. The second kappa shape index (κ2) is 7.28. The van der Waals surface area contributed by atoms with Crippen molar-refractivity contribution in [2.45, 2.75) is 25.1 Å². The molecule has 1 atom stereocenters. The van der Waals surface area contributed by atoms with Crippen LogP contribution in [0.4, 0.5) is 5.69 Å². The van der Waals surface area contributed by atoms with Gasteiger partial charge in [0.15, 0.2) is 0 Å². The fourth-order valence-corrected chi connectivity index (χ4v) is 1.68. The summed E-state index contributed by atoms with van der Waals surface area (Å²) in [6.07, 6.45) is 0.252. The average Bonchev–Trinajstić information content (AvgIpc) is 2.39. The van der Waals surface area contributed by atoms with E-state index in [1.54, 1.807) is 13.1 Å². The molecule has 0 aliphatic heterocycles. The van der Waals surface area contributed by atoms with Gasteiger partial charge in [-0.2, -0.15) is 0 Å². The summed E-state index contributed by atoms with van der Waals surface area (Å²) in [7, 11) is 1.59. The number of amides is 2. The first-order chi connectivity index (χ1) is 8.95. The number of carbonyl (C=O) groups excluding carboxylic acids is 2. The molecule has 4 nitrogen and oxygen atoms in total. The van der Waals surface area contributed by atoms with E-state index < -0.39 is 0 Å². The summed E-state index contributed by atoms with van der Waals surface area (Å²) in [4.78, 5) is 23.2. The number of carbonyl (C=O) groups is 2. The SMILES string of the molecule is CNC(=O)Cc1ccccc1NC(=O)C(Br)C(C)C. The number of para-hydroxylation sites is 1. The lowest BCUT2D eigenvalue weighted by molar-refractivity contribution is -0.120. The summed E-state index contributed by atoms with van der Waals surface area (Å²) in [6, 6.07) is 7.32. The van der Waals surface area contributed by atoms with E-state index in [-0.39, 0.29) is 29.0 Å². The third-order valence-electron chi connectivity index (χ3n) is 2.74. The van der Waals surface area contributed by atoms with Gasteiger partial charge < -0.3 is 10.6 Å². The molecule has 2 N–H and O–H groups in total. The highest BCUT2D eigenvalue weighted by atomic mass is 79.9. The number of alkyl halides is 1. The molecule has 1 aromatic carbocycles. The van der Waals surface area contributed by atoms with Crippen LogP contribution in [0, 0.1) is 5.92 Å². The van der Waals surface area contributed by atoms with Crippen LogP contribution in [-0.4, -0.2) is 23.7 Å². The van der Waals surface area contributed by atoms with E-state index in [1.165, 1.54) is 0 Å². The predicted octanol–water partition coefficient (Wildman–Crippen LogP) is 2.33. The van der Waals surface area contributed by atoms with Gasteiger partial charge >= 0.3 is 0 Å². The zero-order valence-corrected chi connectivity index (χ0v) is 13.0. The summed E-state index contributed by atoms with van der Waals surface area (Å²) >= 11 is 3.36. The van der Waals surface area contributed by atoms with E-state index in [0.29, 0.717) is 5.69 Å². The second-order valence-corrected chi connectivity index (χ2v) is 5.63. The second-order valence-electron chi connectivity index (χ2n) is 4.64. The van der Waals surface area contributed by atoms with Gasteiger partial charge in [0.2, 0.25) is 11.8 Å². The van der Waals surface area contributed by atoms with Gasteiger partial charge in [-0.25, -0.2) is 0 Å². The molecule has 1 aromatic rings. The van der Waals surface area contributed by atoms with Gasteiger partial charge in [-0.05, 0) is 17.5 Å². The van der Waals surface area contributed by atoms with Crippen molar-refractivity contribution in [2.24, 2.45) is 5.92 Å². The Morgan fingerprint density at radius 1 is 1.26 bits per heavy atom. The molecule has 0 aliphatic rings. The highest BCUT2D eigenvalue weighted by molar-refractivity contribution is 9.10. The molecular weight excluding hydrogens is 308 g/mol. The maximum Gasteiger partial charge on any atom is 0.238 e. The van der Waals surface area contributed by atoms with E-state index in [1.807, 2.05) is 32.0 Å². The predicted molar refractivity (Wildman–Crippen MR) is 80.4 cm³/mol. The lowest BCUT2D eigenvalue weighted by atomic mass is 10.1. The third kappa shape index (κ3) is 4.67. The number of hydrogen-bond acceptors (Lipinski definition) is 2. The summed E-state index contributed by atoms with van der Waals surface area (Å²) in [5.74, 6) is 0.0198. The van der Waals surface area contributed by atoms with Crippen molar-refractivity contribution in [3.8, 4) is 0 Å². The Bertz CT molecular complexity index is 461. The Hall–Kier alpha value is -1.36. The van der Waals surface area contributed by atoms with Crippen LogP contribution >= 0.6 is 15.9 Å². The molecule has 0 bridgehead atoms. The van der Waals surface area contributed by atoms with Gasteiger partial charge in [-0.3, -0.25) is 9.59 Å². The van der Waals surface area contributed by atoms with Crippen LogP contribution in [0.3, 0.4) is 0 Å². The molecule has 0 spiro atoms. The molecule has 0 saturated heterocycles. The Morgan fingerprint density at radius 2 is 1.89 bits per heavy atom. The number of anilines is 1. The van der Waals surface area contributed by atoms with Crippen molar-refractivity contribution < 1.29 is 9.59 Å². The largest absolute Gasteiger partial charge is 0.359 e. The Kier molecular flexibility index (Phi) is 6.02. The summed E-state index contributed by atoms with van der Waals surface area (Å²) < 4.78 is 0. The molecular formula is C14H19BrN2O2. The normalized spacial score (nSPS) is 12.1. The van der Waals surface area contributed by atoms with Crippen molar-refractivity contribution in [1.82, 2.24) is 5.32 Å². The first-order valence-corrected chi connectivity index (χ1v) is 7.10. The quantitative estimate of drug-likeness (QED) is 0.816. The number of rotatable bonds is 5. The molecule has 0 aromatic heterocycles. The average molecular weight is 327 g/mol. The van der Waals surface area contributed by atoms with Gasteiger partial charge in [0.25, 0.3) is 0 Å². The maximum atomic E-state index is 12.0. The fourth-order valence-electron chi connectivity index (χ4n) is 1.56. The van der Waals surface area contributed by atoms with Gasteiger partial charge in [-0.15, -0.1) is 0 Å². The maximum absolute atomic E-state index is 12.0. The zero-order valence-electron chi connectivity index (χ0n) is 11.4. The first kappa shape index (κ1) is 15.7. The van der Waals surface area contributed by atoms with Crippen molar-refractivity contribution >= 4 is 33.4 Å². The van der Waals surface area contributed by atoms with E-state index in [2.05, 4.69) is 26.6 Å². The molecule has 0 radical (unpaired) electrons. The molecule has 0 heterocycles. The number of likely N-dealkylation sites (N-methyl/N-ethyl adjacent to an activating group) is 1. The summed E-state index contributed by atoms with van der Waals surface area (Å²) in [5, 5.41) is 5.43. The lowest BCUT2D eigenvalue weighted by Crippen LogP contribution is -2.28. The number of nitrogens with one attached hydrogen (secondary N) is 2. The minimum Gasteiger partial charge on any atom is -0.359 e. The summed E-state index contributed by atoms with van der Waals surface area (Å²) in [5.41, 5.74) is 1.49. The van der Waals surface area contributed by atoms with Gasteiger partial charge in [0, 0.05) is 12.7 Å². The van der Waals surface area contributed by atoms with Crippen LogP contribution < -0.4 is 10.6 Å². The van der Waals surface area contributed by atoms with Crippen LogP contribution in [0.25, 0.3) is 0 Å². The Labute approximate surface area is 122 Å². The Morgan fingerprint density at radius 3 is 2.47 bits per heavy atom. The molecule has 5 heteroatoms. The van der Waals surface area contributed by atoms with Crippen molar-refractivity contribution in [3.63, 3.8) is 0 Å². The van der Waals surface area contributed by atoms with E-state index in [9.17, 15) is 9.59 Å². The molecule has 2 amide bonds. The van der Waals surface area contributed by atoms with Crippen molar-refractivity contribution in [2.75, 3.05) is 12.4 Å². The molecule has 19 heavy (non-hydrogen) atoms. The molecule has 1 rings (SSSR count). The van der Waals surface area contributed by atoms with Gasteiger partial charge in [-0.1, -0.05) is 48.0 Å². The third-order valence-corrected chi connectivity index (χ3v) is 4.21. The van der Waals surface area contributed by atoms with Gasteiger partial charge in [0.1, 0.15) is 0 Å².